The lowest BCUT2D eigenvalue weighted by Gasteiger charge is -2.32. The van der Waals surface area contributed by atoms with Crippen LogP contribution in [0.15, 0.2) is 45.9 Å². The summed E-state index contributed by atoms with van der Waals surface area (Å²) in [6, 6.07) is 12.6. The Hall–Kier alpha value is -2.83. The van der Waals surface area contributed by atoms with Gasteiger partial charge < -0.3 is 20.1 Å². The van der Waals surface area contributed by atoms with Crippen molar-refractivity contribution < 1.29 is 9.32 Å². The van der Waals surface area contributed by atoms with E-state index >= 15 is 0 Å². The Morgan fingerprint density at radius 1 is 1.19 bits per heavy atom. The van der Waals surface area contributed by atoms with E-state index in [0.717, 1.165) is 56.6 Å². The molecule has 0 atom stereocenters. The first-order chi connectivity index (χ1) is 15.6. The van der Waals surface area contributed by atoms with Crippen LogP contribution < -0.4 is 10.6 Å². The number of hydrogen-bond acceptors (Lipinski definition) is 4. The van der Waals surface area contributed by atoms with E-state index in [-0.39, 0.29) is 12.5 Å². The Morgan fingerprint density at radius 2 is 1.91 bits per heavy atom. The van der Waals surface area contributed by atoms with Gasteiger partial charge in [-0.2, -0.15) is 0 Å². The van der Waals surface area contributed by atoms with Crippen LogP contribution in [-0.2, 0) is 17.8 Å². The minimum absolute atomic E-state index is 0.113. The predicted molar refractivity (Wildman–Crippen MR) is 127 cm³/mol. The molecule has 7 heteroatoms. The minimum atomic E-state index is 0.113. The Bertz CT molecular complexity index is 852. The normalized spacial score (nSPS) is 15.2. The molecule has 0 bridgehead atoms. The Kier molecular flexibility index (Phi) is 9.13. The number of likely N-dealkylation sites (tertiary alicyclic amines) is 1. The number of aliphatic imine (C=N–C) groups is 1. The molecule has 0 radical (unpaired) electrons. The summed E-state index contributed by atoms with van der Waals surface area (Å²) < 4.78 is 5.45. The molecule has 1 amide bonds. The summed E-state index contributed by atoms with van der Waals surface area (Å²) in [4.78, 5) is 18.8. The average Bonchev–Trinajstić information content (AvgIpc) is 3.30. The monoisotopic (exact) mass is 439 g/mol. The number of aromatic nitrogens is 1. The van der Waals surface area contributed by atoms with E-state index in [2.05, 4.69) is 65.0 Å². The molecule has 1 aliphatic heterocycles. The third-order valence-corrected chi connectivity index (χ3v) is 6.38. The molecule has 2 N–H and O–H groups in total. The zero-order valence-electron chi connectivity index (χ0n) is 19.6. The fourth-order valence-electron chi connectivity index (χ4n) is 4.31. The number of guanidine groups is 1. The first-order valence-electron chi connectivity index (χ1n) is 11.8. The van der Waals surface area contributed by atoms with Gasteiger partial charge in [-0.05, 0) is 43.6 Å². The molecule has 1 aromatic carbocycles. The summed E-state index contributed by atoms with van der Waals surface area (Å²) in [5, 5.41) is 10.5. The fraction of sp³-hybridized carbons (Fsp3) is 0.560. The van der Waals surface area contributed by atoms with Gasteiger partial charge in [0.2, 0.25) is 5.91 Å². The number of nitrogens with zero attached hydrogens (tertiary/aromatic N) is 3. The van der Waals surface area contributed by atoms with Gasteiger partial charge in [0.1, 0.15) is 0 Å². The van der Waals surface area contributed by atoms with Crippen molar-refractivity contribution in [2.45, 2.75) is 58.4 Å². The van der Waals surface area contributed by atoms with E-state index in [1.165, 1.54) is 5.56 Å². The van der Waals surface area contributed by atoms with Crippen LogP contribution in [0.25, 0.3) is 0 Å². The van der Waals surface area contributed by atoms with Gasteiger partial charge in [0.15, 0.2) is 11.7 Å². The van der Waals surface area contributed by atoms with Crippen LogP contribution in [0.4, 0.5) is 0 Å². The van der Waals surface area contributed by atoms with Gasteiger partial charge in [-0.25, -0.2) is 0 Å². The quantitative estimate of drug-likeness (QED) is 0.460. The van der Waals surface area contributed by atoms with Crippen LogP contribution in [-0.4, -0.2) is 48.6 Å². The molecule has 0 spiro atoms. The molecule has 32 heavy (non-hydrogen) atoms. The van der Waals surface area contributed by atoms with Crippen LogP contribution in [0, 0.1) is 5.92 Å². The summed E-state index contributed by atoms with van der Waals surface area (Å²) in [5.74, 6) is 2.54. The molecule has 0 unspecified atom stereocenters. The van der Waals surface area contributed by atoms with Crippen LogP contribution >= 0.6 is 0 Å². The van der Waals surface area contributed by atoms with Crippen molar-refractivity contribution >= 4 is 11.9 Å². The van der Waals surface area contributed by atoms with Gasteiger partial charge >= 0.3 is 0 Å². The van der Waals surface area contributed by atoms with E-state index in [9.17, 15) is 4.79 Å². The van der Waals surface area contributed by atoms with Crippen LogP contribution in [0.3, 0.4) is 0 Å². The molecule has 2 aromatic rings. The van der Waals surface area contributed by atoms with Crippen LogP contribution in [0.1, 0.15) is 62.5 Å². The topological polar surface area (TPSA) is 82.8 Å². The van der Waals surface area contributed by atoms with Crippen molar-refractivity contribution in [3.8, 4) is 0 Å². The third kappa shape index (κ3) is 6.84. The highest BCUT2D eigenvalue weighted by atomic mass is 16.5. The predicted octanol–water partition coefficient (Wildman–Crippen LogP) is 3.72. The Morgan fingerprint density at radius 3 is 2.56 bits per heavy atom. The fourth-order valence-corrected chi connectivity index (χ4v) is 4.31. The lowest BCUT2D eigenvalue weighted by Crippen LogP contribution is -2.46. The molecule has 3 rings (SSSR count). The largest absolute Gasteiger partial charge is 0.359 e. The minimum Gasteiger partial charge on any atom is -0.359 e. The number of rotatable bonds is 9. The maximum atomic E-state index is 12.7. The maximum Gasteiger partial charge on any atom is 0.241 e. The van der Waals surface area contributed by atoms with Gasteiger partial charge in [-0.1, -0.05) is 49.3 Å². The zero-order valence-corrected chi connectivity index (χ0v) is 19.6. The van der Waals surface area contributed by atoms with Gasteiger partial charge in [-0.15, -0.1) is 0 Å². The number of carbonyl (C=O) groups excluding carboxylic acids is 1. The van der Waals surface area contributed by atoms with E-state index in [1.807, 2.05) is 11.0 Å². The molecule has 174 valence electrons. The second-order valence-corrected chi connectivity index (χ2v) is 8.52. The van der Waals surface area contributed by atoms with Crippen molar-refractivity contribution in [3.63, 3.8) is 0 Å². The molecule has 1 fully saturated rings. The van der Waals surface area contributed by atoms with E-state index in [4.69, 9.17) is 4.52 Å². The zero-order chi connectivity index (χ0) is 22.8. The Balaban J connectivity index is 1.38. The smallest absolute Gasteiger partial charge is 0.241 e. The molecular weight excluding hydrogens is 402 g/mol. The van der Waals surface area contributed by atoms with Crippen LogP contribution in [0.2, 0.25) is 0 Å². The van der Waals surface area contributed by atoms with E-state index in [1.54, 1.807) is 7.05 Å². The number of piperidine rings is 1. The lowest BCUT2D eigenvalue weighted by atomic mass is 9.90. The number of hydrogen-bond donors (Lipinski definition) is 2. The van der Waals surface area contributed by atoms with Crippen LogP contribution in [0.5, 0.6) is 0 Å². The van der Waals surface area contributed by atoms with Gasteiger partial charge in [-0.3, -0.25) is 9.79 Å². The molecule has 0 saturated carbocycles. The molecule has 1 saturated heterocycles. The van der Waals surface area contributed by atoms with E-state index in [0.29, 0.717) is 24.3 Å². The van der Waals surface area contributed by atoms with Gasteiger partial charge in [0.05, 0.1) is 18.8 Å². The first-order valence-corrected chi connectivity index (χ1v) is 11.8. The summed E-state index contributed by atoms with van der Waals surface area (Å²) in [6.45, 7) is 6.68. The summed E-state index contributed by atoms with van der Waals surface area (Å²) in [7, 11) is 1.70. The van der Waals surface area contributed by atoms with Crippen molar-refractivity contribution in [1.82, 2.24) is 20.7 Å². The molecule has 1 aromatic heterocycles. The lowest BCUT2D eigenvalue weighted by molar-refractivity contribution is -0.131. The summed E-state index contributed by atoms with van der Waals surface area (Å²) in [5.41, 5.74) is 2.38. The highest BCUT2D eigenvalue weighted by molar-refractivity contribution is 5.86. The van der Waals surface area contributed by atoms with Gasteiger partial charge in [0, 0.05) is 32.1 Å². The molecule has 2 heterocycles. The molecular formula is C25H37N5O2. The highest BCUT2D eigenvalue weighted by Crippen LogP contribution is 2.23. The number of benzene rings is 1. The molecule has 0 aliphatic carbocycles. The number of nitrogens with one attached hydrogen (secondary N) is 2. The SMILES string of the molecule is CCC(CC)c1cc(CNC(=NC)NCC(=O)N2CCC(Cc3ccccc3)CC2)on1. The van der Waals surface area contributed by atoms with Gasteiger partial charge in [0.25, 0.3) is 0 Å². The number of amides is 1. The Labute approximate surface area is 191 Å². The average molecular weight is 440 g/mol. The second-order valence-electron chi connectivity index (χ2n) is 8.52. The van der Waals surface area contributed by atoms with Crippen molar-refractivity contribution in [1.29, 1.82) is 0 Å². The molecule has 1 aliphatic rings. The maximum absolute atomic E-state index is 12.7. The standard InChI is InChI=1S/C25H37N5O2/c1-4-21(5-2)23-16-22(32-29-23)17-27-25(26-3)28-18-24(31)30-13-11-20(12-14-30)15-19-9-7-6-8-10-19/h6-10,16,20-21H,4-5,11-15,17-18H2,1-3H3,(H2,26,27,28). The van der Waals surface area contributed by atoms with Crippen molar-refractivity contribution in [2.24, 2.45) is 10.9 Å². The van der Waals surface area contributed by atoms with E-state index < -0.39 is 0 Å². The summed E-state index contributed by atoms with van der Waals surface area (Å²) in [6.07, 6.45) is 5.30. The second kappa shape index (κ2) is 12.3. The summed E-state index contributed by atoms with van der Waals surface area (Å²) >= 11 is 0. The molecule has 7 nitrogen and oxygen atoms in total. The van der Waals surface area contributed by atoms with Crippen molar-refractivity contribution in [2.75, 3.05) is 26.7 Å². The number of carbonyl (C=O) groups is 1. The van der Waals surface area contributed by atoms with Crippen molar-refractivity contribution in [3.05, 3.63) is 53.4 Å². The first kappa shape index (κ1) is 23.8. The highest BCUT2D eigenvalue weighted by Gasteiger charge is 2.23. The third-order valence-electron chi connectivity index (χ3n) is 6.38.